The molecule has 98 valence electrons. The summed E-state index contributed by atoms with van der Waals surface area (Å²) in [6.45, 7) is 11.0. The summed E-state index contributed by atoms with van der Waals surface area (Å²) in [6.07, 6.45) is -0.281. The Bertz CT molecular complexity index is 285. The minimum absolute atomic E-state index is 0.00194. The summed E-state index contributed by atoms with van der Waals surface area (Å²) >= 11 is 0. The van der Waals surface area contributed by atoms with E-state index in [-0.39, 0.29) is 6.42 Å². The maximum Gasteiger partial charge on any atom is 0.309 e. The van der Waals surface area contributed by atoms with E-state index < -0.39 is 32.4 Å². The molecule has 3 atom stereocenters. The number of carbonyl (C=O) groups is 1. The van der Waals surface area contributed by atoms with E-state index in [1.165, 1.54) is 6.08 Å². The van der Waals surface area contributed by atoms with E-state index in [1.54, 1.807) is 0 Å². The quantitative estimate of drug-likeness (QED) is 0.462. The van der Waals surface area contributed by atoms with Gasteiger partial charge in [-0.1, -0.05) is 26.2 Å². The summed E-state index contributed by atoms with van der Waals surface area (Å²) in [5.74, 6) is -0.396. The number of rotatable bonds is 5. The normalized spacial score (nSPS) is 29.9. The molecule has 1 aliphatic rings. The van der Waals surface area contributed by atoms with Gasteiger partial charge in [-0.3, -0.25) is 4.79 Å². The van der Waals surface area contributed by atoms with Crippen molar-refractivity contribution >= 4 is 14.0 Å². The number of carbonyl (C=O) groups excluding carboxylic acids is 1. The Morgan fingerprint density at radius 3 is 2.76 bits per heavy atom. The Morgan fingerprint density at radius 2 is 2.24 bits per heavy atom. The Morgan fingerprint density at radius 1 is 1.59 bits per heavy atom. The monoisotopic (exact) mass is 258 g/mol. The van der Waals surface area contributed by atoms with Crippen LogP contribution in [0.4, 0.5) is 0 Å². The number of hydrogen-bond acceptors (Lipinski definition) is 4. The third-order valence-corrected chi connectivity index (χ3v) is 4.45. The molecule has 0 aliphatic carbocycles. The summed E-state index contributed by atoms with van der Waals surface area (Å²) in [7, 11) is -1.15. The lowest BCUT2D eigenvalue weighted by molar-refractivity contribution is -0.178. The predicted molar refractivity (Wildman–Crippen MR) is 68.6 cm³/mol. The van der Waals surface area contributed by atoms with Gasteiger partial charge in [-0.15, -0.1) is 0 Å². The largest absolute Gasteiger partial charge is 0.455 e. The van der Waals surface area contributed by atoms with Crippen LogP contribution in [0.25, 0.3) is 0 Å². The molecule has 0 aromatic heterocycles. The highest BCUT2D eigenvalue weighted by atomic mass is 28.3. The second-order valence-electron chi connectivity index (χ2n) is 5.61. The summed E-state index contributed by atoms with van der Waals surface area (Å²) in [6, 6.07) is 1.02. The van der Waals surface area contributed by atoms with Gasteiger partial charge in [-0.2, -0.15) is 0 Å². The molecule has 0 saturated carbocycles. The number of aliphatic hydroxyl groups excluding tert-OH is 1. The first-order chi connectivity index (χ1) is 7.83. The fourth-order valence-electron chi connectivity index (χ4n) is 1.66. The first-order valence-corrected chi connectivity index (χ1v) is 9.66. The Kier molecular flexibility index (Phi) is 4.91. The topological polar surface area (TPSA) is 55.8 Å². The van der Waals surface area contributed by atoms with Crippen LogP contribution in [0.1, 0.15) is 6.42 Å². The van der Waals surface area contributed by atoms with Gasteiger partial charge < -0.3 is 14.6 Å². The van der Waals surface area contributed by atoms with E-state index in [4.69, 9.17) is 9.47 Å². The van der Waals surface area contributed by atoms with E-state index in [9.17, 15) is 9.90 Å². The van der Waals surface area contributed by atoms with Crippen molar-refractivity contribution in [2.24, 2.45) is 0 Å². The molecule has 0 unspecified atom stereocenters. The van der Waals surface area contributed by atoms with Gasteiger partial charge in [0.2, 0.25) is 0 Å². The van der Waals surface area contributed by atoms with Crippen LogP contribution >= 0.6 is 0 Å². The van der Waals surface area contributed by atoms with E-state index >= 15 is 0 Å². The van der Waals surface area contributed by atoms with E-state index in [2.05, 4.69) is 26.2 Å². The van der Waals surface area contributed by atoms with Gasteiger partial charge in [0.25, 0.3) is 0 Å². The molecule has 5 heteroatoms. The second-order valence-corrected chi connectivity index (χ2v) is 11.2. The smallest absolute Gasteiger partial charge is 0.309 e. The number of cyclic esters (lactones) is 1. The Labute approximate surface area is 104 Å². The van der Waals surface area contributed by atoms with Crippen LogP contribution in [0, 0.1) is 0 Å². The van der Waals surface area contributed by atoms with E-state index in [1.807, 2.05) is 0 Å². The van der Waals surface area contributed by atoms with Gasteiger partial charge in [-0.05, 0) is 12.1 Å². The molecule has 0 bridgehead atoms. The van der Waals surface area contributed by atoms with Crippen LogP contribution in [0.15, 0.2) is 12.7 Å². The van der Waals surface area contributed by atoms with Gasteiger partial charge in [0.1, 0.15) is 12.2 Å². The summed E-state index contributed by atoms with van der Waals surface area (Å²) < 4.78 is 10.7. The minimum atomic E-state index is -1.15. The molecule has 1 heterocycles. The first-order valence-electron chi connectivity index (χ1n) is 5.95. The number of esters is 1. The first kappa shape index (κ1) is 14.4. The molecule has 1 aliphatic heterocycles. The molecule has 0 aromatic carbocycles. The van der Waals surface area contributed by atoms with Gasteiger partial charge >= 0.3 is 5.97 Å². The molecule has 0 amide bonds. The molecule has 0 radical (unpaired) electrons. The lowest BCUT2D eigenvalue weighted by Gasteiger charge is -2.33. The molecule has 1 fully saturated rings. The molecule has 1 saturated heterocycles. The zero-order valence-corrected chi connectivity index (χ0v) is 11.8. The van der Waals surface area contributed by atoms with Gasteiger partial charge in [0.05, 0.1) is 12.5 Å². The molecular formula is C12H22O4Si. The van der Waals surface area contributed by atoms with Crippen molar-refractivity contribution in [3.05, 3.63) is 12.7 Å². The van der Waals surface area contributed by atoms with Crippen LogP contribution in [-0.4, -0.2) is 44.1 Å². The average molecular weight is 258 g/mol. The molecular weight excluding hydrogens is 236 g/mol. The molecule has 0 spiro atoms. The van der Waals surface area contributed by atoms with Crippen LogP contribution in [0.5, 0.6) is 0 Å². The van der Waals surface area contributed by atoms with Crippen molar-refractivity contribution in [2.45, 2.75) is 50.4 Å². The number of hydrogen-bond donors (Lipinski definition) is 1. The zero-order valence-electron chi connectivity index (χ0n) is 10.8. The lowest BCUT2D eigenvalue weighted by Crippen LogP contribution is -2.47. The third-order valence-electron chi connectivity index (χ3n) is 2.74. The summed E-state index contributed by atoms with van der Waals surface area (Å²) in [5, 5.41) is 9.81. The number of aliphatic hydroxyl groups is 1. The maximum absolute atomic E-state index is 11.1. The minimum Gasteiger partial charge on any atom is -0.455 e. The van der Waals surface area contributed by atoms with Crippen molar-refractivity contribution in [3.8, 4) is 0 Å². The lowest BCUT2D eigenvalue weighted by atomic mass is 10.0. The molecule has 4 nitrogen and oxygen atoms in total. The van der Waals surface area contributed by atoms with Crippen LogP contribution in [0.2, 0.25) is 25.7 Å². The highest BCUT2D eigenvalue weighted by Crippen LogP contribution is 2.21. The SMILES string of the molecule is C=C[C@H]1OC(=O)C[C@@H](O)[C@H]1OCC[Si](C)(C)C. The van der Waals surface area contributed by atoms with Gasteiger partial charge in [0.15, 0.2) is 0 Å². The van der Waals surface area contributed by atoms with Gasteiger partial charge in [-0.25, -0.2) is 0 Å². The van der Waals surface area contributed by atoms with Crippen molar-refractivity contribution in [2.75, 3.05) is 6.61 Å². The molecule has 0 aromatic rings. The van der Waals surface area contributed by atoms with E-state index in [0.717, 1.165) is 6.04 Å². The van der Waals surface area contributed by atoms with Crippen molar-refractivity contribution in [1.82, 2.24) is 0 Å². The highest BCUT2D eigenvalue weighted by Gasteiger charge is 2.37. The van der Waals surface area contributed by atoms with Crippen molar-refractivity contribution < 1.29 is 19.4 Å². The third kappa shape index (κ3) is 4.61. The van der Waals surface area contributed by atoms with E-state index in [0.29, 0.717) is 6.61 Å². The van der Waals surface area contributed by atoms with Crippen molar-refractivity contribution in [3.63, 3.8) is 0 Å². The average Bonchev–Trinajstić information content (AvgIpc) is 2.18. The number of ether oxygens (including phenoxy) is 2. The second kappa shape index (κ2) is 5.80. The fourth-order valence-corrected chi connectivity index (χ4v) is 2.39. The summed E-state index contributed by atoms with van der Waals surface area (Å²) in [4.78, 5) is 11.1. The highest BCUT2D eigenvalue weighted by molar-refractivity contribution is 6.76. The van der Waals surface area contributed by atoms with Crippen molar-refractivity contribution in [1.29, 1.82) is 0 Å². The standard InChI is InChI=1S/C12H22O4Si/c1-5-10-12(9(13)8-11(14)16-10)15-6-7-17(2,3)4/h5,9-10,12-13H,1,6-8H2,2-4H3/t9-,10-,12-/m1/s1. The maximum atomic E-state index is 11.1. The Hall–Kier alpha value is -0.653. The Balaban J connectivity index is 2.49. The van der Waals surface area contributed by atoms with Crippen LogP contribution < -0.4 is 0 Å². The fraction of sp³-hybridized carbons (Fsp3) is 0.750. The summed E-state index contributed by atoms with van der Waals surface area (Å²) in [5.41, 5.74) is 0. The van der Waals surface area contributed by atoms with Crippen LogP contribution in [0.3, 0.4) is 0 Å². The molecule has 1 rings (SSSR count). The predicted octanol–water partition coefficient (Wildman–Crippen LogP) is 1.57. The molecule has 1 N–H and O–H groups in total. The van der Waals surface area contributed by atoms with Gasteiger partial charge in [0, 0.05) is 14.7 Å². The van der Waals surface area contributed by atoms with Crippen LogP contribution in [-0.2, 0) is 14.3 Å². The zero-order chi connectivity index (χ0) is 13.1. The molecule has 17 heavy (non-hydrogen) atoms.